The standard InChI is InChI=1S/C19H27N3O/c1-2-21-12-14-22(15-13-21)18-11-7-6-10-17(18)20-19(23)16-8-4-3-5-9-16/h3-4,6-7,10-11,16H,2,5,8-9,12-15H2,1H3,(H,20,23). The predicted molar refractivity (Wildman–Crippen MR) is 95.9 cm³/mol. The van der Waals surface area contributed by atoms with Gasteiger partial charge in [0.2, 0.25) is 5.91 Å². The van der Waals surface area contributed by atoms with Crippen molar-refractivity contribution in [3.05, 3.63) is 36.4 Å². The lowest BCUT2D eigenvalue weighted by atomic mass is 9.93. The van der Waals surface area contributed by atoms with Gasteiger partial charge in [-0.25, -0.2) is 0 Å². The number of rotatable bonds is 4. The average molecular weight is 313 g/mol. The third-order valence-corrected chi connectivity index (χ3v) is 4.96. The highest BCUT2D eigenvalue weighted by Crippen LogP contribution is 2.28. The van der Waals surface area contributed by atoms with E-state index in [-0.39, 0.29) is 11.8 Å². The summed E-state index contributed by atoms with van der Waals surface area (Å²) in [5.74, 6) is 0.277. The van der Waals surface area contributed by atoms with Crippen LogP contribution in [0.1, 0.15) is 26.2 Å². The number of nitrogens with one attached hydrogen (secondary N) is 1. The van der Waals surface area contributed by atoms with Crippen LogP contribution in [-0.2, 0) is 4.79 Å². The Labute approximate surface area is 139 Å². The van der Waals surface area contributed by atoms with Crippen molar-refractivity contribution in [2.75, 3.05) is 42.9 Å². The van der Waals surface area contributed by atoms with Crippen molar-refractivity contribution < 1.29 is 4.79 Å². The number of hydrogen-bond acceptors (Lipinski definition) is 3. The number of hydrogen-bond donors (Lipinski definition) is 1. The summed E-state index contributed by atoms with van der Waals surface area (Å²) >= 11 is 0. The van der Waals surface area contributed by atoms with Gasteiger partial charge in [-0.2, -0.15) is 0 Å². The molecule has 0 spiro atoms. The van der Waals surface area contributed by atoms with E-state index in [0.29, 0.717) is 0 Å². The minimum atomic E-state index is 0.116. The van der Waals surface area contributed by atoms with Crippen molar-refractivity contribution in [3.8, 4) is 0 Å². The number of amides is 1. The molecule has 1 unspecified atom stereocenters. The van der Waals surface area contributed by atoms with Gasteiger partial charge in [0.15, 0.2) is 0 Å². The quantitative estimate of drug-likeness (QED) is 0.868. The molecular formula is C19H27N3O. The second-order valence-electron chi connectivity index (χ2n) is 6.41. The number of carbonyl (C=O) groups excluding carboxylic acids is 1. The molecule has 1 amide bonds. The first-order valence-electron chi connectivity index (χ1n) is 8.80. The van der Waals surface area contributed by atoms with Gasteiger partial charge in [0.25, 0.3) is 0 Å². The van der Waals surface area contributed by atoms with E-state index in [9.17, 15) is 4.79 Å². The van der Waals surface area contributed by atoms with Crippen molar-refractivity contribution in [1.82, 2.24) is 4.90 Å². The van der Waals surface area contributed by atoms with E-state index in [1.165, 1.54) is 0 Å². The predicted octanol–water partition coefficient (Wildman–Crippen LogP) is 3.12. The third kappa shape index (κ3) is 3.94. The topological polar surface area (TPSA) is 35.6 Å². The molecule has 0 saturated carbocycles. The SMILES string of the molecule is CCN1CCN(c2ccccc2NC(=O)C2CC=CCC2)CC1. The lowest BCUT2D eigenvalue weighted by molar-refractivity contribution is -0.120. The van der Waals surface area contributed by atoms with Crippen LogP contribution in [0.3, 0.4) is 0 Å². The number of allylic oxidation sites excluding steroid dienone is 2. The first kappa shape index (κ1) is 16.1. The molecule has 23 heavy (non-hydrogen) atoms. The Balaban J connectivity index is 1.68. The minimum absolute atomic E-state index is 0.116. The maximum atomic E-state index is 12.5. The summed E-state index contributed by atoms with van der Waals surface area (Å²) in [4.78, 5) is 17.4. The van der Waals surface area contributed by atoms with E-state index >= 15 is 0 Å². The zero-order valence-corrected chi connectivity index (χ0v) is 14.0. The van der Waals surface area contributed by atoms with Gasteiger partial charge in [-0.3, -0.25) is 4.79 Å². The molecule has 1 heterocycles. The van der Waals surface area contributed by atoms with Crippen LogP contribution in [0.25, 0.3) is 0 Å². The summed E-state index contributed by atoms with van der Waals surface area (Å²) in [6.07, 6.45) is 7.14. The molecule has 1 aromatic rings. The molecule has 1 aromatic carbocycles. The number of nitrogens with zero attached hydrogens (tertiary/aromatic N) is 2. The molecule has 4 heteroatoms. The molecule has 2 aliphatic rings. The summed E-state index contributed by atoms with van der Waals surface area (Å²) in [5, 5.41) is 3.17. The van der Waals surface area contributed by atoms with E-state index in [1.807, 2.05) is 12.1 Å². The Morgan fingerprint density at radius 3 is 2.65 bits per heavy atom. The Morgan fingerprint density at radius 1 is 1.17 bits per heavy atom. The van der Waals surface area contributed by atoms with Crippen LogP contribution in [0, 0.1) is 5.92 Å². The highest BCUT2D eigenvalue weighted by atomic mass is 16.1. The van der Waals surface area contributed by atoms with E-state index in [2.05, 4.69) is 46.3 Å². The summed E-state index contributed by atoms with van der Waals surface area (Å²) in [5.41, 5.74) is 2.11. The van der Waals surface area contributed by atoms with Crippen LogP contribution >= 0.6 is 0 Å². The molecule has 1 atom stereocenters. The molecule has 1 aliphatic heterocycles. The number of para-hydroxylation sites is 2. The Hall–Kier alpha value is -1.81. The first-order chi connectivity index (χ1) is 11.3. The fourth-order valence-corrected chi connectivity index (χ4v) is 3.43. The van der Waals surface area contributed by atoms with E-state index < -0.39 is 0 Å². The monoisotopic (exact) mass is 313 g/mol. The summed E-state index contributed by atoms with van der Waals surface area (Å²) in [7, 11) is 0. The molecular weight excluding hydrogens is 286 g/mol. The van der Waals surface area contributed by atoms with Crippen molar-refractivity contribution in [3.63, 3.8) is 0 Å². The van der Waals surface area contributed by atoms with Crippen molar-refractivity contribution in [2.24, 2.45) is 5.92 Å². The minimum Gasteiger partial charge on any atom is -0.367 e. The molecule has 3 rings (SSSR count). The second kappa shape index (κ2) is 7.64. The van der Waals surface area contributed by atoms with Gasteiger partial charge in [-0.05, 0) is 37.9 Å². The normalized spacial score (nSPS) is 22.1. The first-order valence-corrected chi connectivity index (χ1v) is 8.80. The molecule has 0 radical (unpaired) electrons. The summed E-state index contributed by atoms with van der Waals surface area (Å²) in [6.45, 7) is 7.54. The number of likely N-dealkylation sites (N-methyl/N-ethyl adjacent to an activating group) is 1. The summed E-state index contributed by atoms with van der Waals surface area (Å²) < 4.78 is 0. The molecule has 4 nitrogen and oxygen atoms in total. The molecule has 1 aliphatic carbocycles. The molecule has 1 saturated heterocycles. The number of benzene rings is 1. The van der Waals surface area contributed by atoms with Gasteiger partial charge in [-0.1, -0.05) is 31.2 Å². The van der Waals surface area contributed by atoms with Crippen LogP contribution in [0.5, 0.6) is 0 Å². The second-order valence-corrected chi connectivity index (χ2v) is 6.41. The molecule has 0 bridgehead atoms. The zero-order chi connectivity index (χ0) is 16.1. The van der Waals surface area contributed by atoms with Crippen molar-refractivity contribution in [1.29, 1.82) is 0 Å². The summed E-state index contributed by atoms with van der Waals surface area (Å²) in [6, 6.07) is 8.21. The van der Waals surface area contributed by atoms with Crippen molar-refractivity contribution in [2.45, 2.75) is 26.2 Å². The van der Waals surface area contributed by atoms with Gasteiger partial charge in [0.1, 0.15) is 0 Å². The number of anilines is 2. The highest BCUT2D eigenvalue weighted by molar-refractivity contribution is 5.96. The Kier molecular flexibility index (Phi) is 5.34. The van der Waals surface area contributed by atoms with Crippen LogP contribution in [0.2, 0.25) is 0 Å². The van der Waals surface area contributed by atoms with E-state index in [0.717, 1.165) is 63.4 Å². The fraction of sp³-hybridized carbons (Fsp3) is 0.526. The van der Waals surface area contributed by atoms with Crippen LogP contribution in [0.15, 0.2) is 36.4 Å². The molecule has 1 N–H and O–H groups in total. The molecule has 0 aromatic heterocycles. The molecule has 124 valence electrons. The largest absolute Gasteiger partial charge is 0.367 e. The average Bonchev–Trinajstić information content (AvgIpc) is 2.63. The van der Waals surface area contributed by atoms with Crippen molar-refractivity contribution >= 4 is 17.3 Å². The van der Waals surface area contributed by atoms with Gasteiger partial charge in [-0.15, -0.1) is 0 Å². The number of piperazine rings is 1. The van der Waals surface area contributed by atoms with Crippen LogP contribution < -0.4 is 10.2 Å². The number of carbonyl (C=O) groups is 1. The van der Waals surface area contributed by atoms with Crippen LogP contribution in [0.4, 0.5) is 11.4 Å². The van der Waals surface area contributed by atoms with Gasteiger partial charge < -0.3 is 15.1 Å². The Morgan fingerprint density at radius 2 is 1.96 bits per heavy atom. The fourth-order valence-electron chi connectivity index (χ4n) is 3.43. The van der Waals surface area contributed by atoms with Crippen LogP contribution in [-0.4, -0.2) is 43.5 Å². The Bertz CT molecular complexity index is 561. The molecule has 1 fully saturated rings. The highest BCUT2D eigenvalue weighted by Gasteiger charge is 2.22. The lowest BCUT2D eigenvalue weighted by Crippen LogP contribution is -2.46. The van der Waals surface area contributed by atoms with E-state index in [4.69, 9.17) is 0 Å². The third-order valence-electron chi connectivity index (χ3n) is 4.96. The van der Waals surface area contributed by atoms with Gasteiger partial charge in [0, 0.05) is 32.1 Å². The van der Waals surface area contributed by atoms with Gasteiger partial charge in [0.05, 0.1) is 11.4 Å². The lowest BCUT2D eigenvalue weighted by Gasteiger charge is -2.36. The maximum absolute atomic E-state index is 12.5. The zero-order valence-electron chi connectivity index (χ0n) is 14.0. The van der Waals surface area contributed by atoms with Gasteiger partial charge >= 0.3 is 0 Å². The van der Waals surface area contributed by atoms with E-state index in [1.54, 1.807) is 0 Å². The smallest absolute Gasteiger partial charge is 0.227 e. The maximum Gasteiger partial charge on any atom is 0.227 e.